The fourth-order valence-corrected chi connectivity index (χ4v) is 12.6. The number of likely N-dealkylation sites (tertiary alicyclic amines) is 2. The molecule has 1 aromatic heterocycles. The Morgan fingerprint density at radius 1 is 0.659 bits per heavy atom. The lowest BCUT2D eigenvalue weighted by Gasteiger charge is -2.42. The number of aryl methyl sites for hydroxylation is 1. The number of nitrogens with two attached hydrogens (primary N) is 7. The number of aliphatic carboxylic acids is 1. The summed E-state index contributed by atoms with van der Waals surface area (Å²) < 4.78 is 0. The van der Waals surface area contributed by atoms with Crippen LogP contribution in [-0.4, -0.2) is 220 Å². The van der Waals surface area contributed by atoms with Gasteiger partial charge in [0.2, 0.25) is 47.3 Å². The Morgan fingerprint density at radius 2 is 1.29 bits per heavy atom. The van der Waals surface area contributed by atoms with Crippen molar-refractivity contribution < 1.29 is 63.3 Å². The zero-order valence-corrected chi connectivity index (χ0v) is 51.8. The van der Waals surface area contributed by atoms with Crippen LogP contribution in [0.25, 0.3) is 0 Å². The van der Waals surface area contributed by atoms with Crippen molar-refractivity contribution in [3.05, 3.63) is 52.2 Å². The lowest BCUT2D eigenvalue weighted by molar-refractivity contribution is -0.148. The molecule has 3 fully saturated rings. The van der Waals surface area contributed by atoms with Gasteiger partial charge in [0, 0.05) is 62.2 Å². The molecule has 32 nitrogen and oxygen atoms in total. The van der Waals surface area contributed by atoms with E-state index in [0.29, 0.717) is 48.2 Å². The fourth-order valence-electron chi connectivity index (χ4n) is 11.8. The molecule has 9 amide bonds. The monoisotopic (exact) mass is 1290 g/mol. The van der Waals surface area contributed by atoms with Crippen molar-refractivity contribution in [2.45, 2.75) is 170 Å². The van der Waals surface area contributed by atoms with E-state index in [9.17, 15) is 53.7 Å². The first-order valence-corrected chi connectivity index (χ1v) is 31.6. The summed E-state index contributed by atoms with van der Waals surface area (Å²) in [4.78, 5) is 158. The Balaban J connectivity index is 1.14. The lowest BCUT2D eigenvalue weighted by atomic mass is 9.91. The van der Waals surface area contributed by atoms with Crippen LogP contribution in [0, 0.1) is 0 Å². The van der Waals surface area contributed by atoms with Crippen molar-refractivity contribution in [2.75, 3.05) is 57.3 Å². The molecule has 1 unspecified atom stereocenters. The Morgan fingerprint density at radius 3 is 1.91 bits per heavy atom. The number of carboxylic acids is 1. The summed E-state index contributed by atoms with van der Waals surface area (Å²) in [5.41, 5.74) is 39.8. The van der Waals surface area contributed by atoms with Crippen molar-refractivity contribution in [3.8, 4) is 0 Å². The maximum absolute atomic E-state index is 15.1. The molecule has 500 valence electrons. The number of thiophene rings is 1. The van der Waals surface area contributed by atoms with Crippen molar-refractivity contribution in [2.24, 2.45) is 55.1 Å². The zero-order chi connectivity index (χ0) is 66.3. The second kappa shape index (κ2) is 35.1. The maximum Gasteiger partial charge on any atom is 0.326 e. The van der Waals surface area contributed by atoms with Crippen LogP contribution in [0.3, 0.4) is 0 Å². The molecule has 1 saturated carbocycles. The van der Waals surface area contributed by atoms with Crippen molar-refractivity contribution in [3.63, 3.8) is 0 Å². The van der Waals surface area contributed by atoms with Gasteiger partial charge in [-0.1, -0.05) is 43.5 Å². The highest BCUT2D eigenvalue weighted by Crippen LogP contribution is 2.34. The molecule has 1 aromatic carbocycles. The summed E-state index contributed by atoms with van der Waals surface area (Å²) in [5, 5.41) is 46.5. The SMILES string of the molecule is NC(N)=NCCC[C@@H](N)C(=O)N[C@@H](CCCN=C(N)N)C(=O)N1CCCC1C(=O)N1C[C@H](O)C[C@H]1C(=O)NCC(=O)N[C@@H](Cc1cccs1)C(=O)N[C@@H](CO)C(=O)N1c2ccccc2CC[C@@H]1C(=O)N(CC(=O)N[C@@H](CCCN=C(N)N)C(=O)O)C1CCCCC1. The summed E-state index contributed by atoms with van der Waals surface area (Å²) in [5.74, 6) is -8.46. The Hall–Kier alpha value is -8.69. The van der Waals surface area contributed by atoms with Crippen molar-refractivity contribution >= 4 is 94.0 Å². The van der Waals surface area contributed by atoms with Crippen molar-refractivity contribution in [1.29, 1.82) is 0 Å². The van der Waals surface area contributed by atoms with Gasteiger partial charge in [-0.2, -0.15) is 0 Å². The normalized spacial score (nSPS) is 19.6. The van der Waals surface area contributed by atoms with E-state index < -0.39 is 139 Å². The van der Waals surface area contributed by atoms with E-state index in [-0.39, 0.29) is 108 Å². The number of β-amino-alcohol motifs (C(OH)–C–C–N with tert-alkyl or cyclic N) is 1. The van der Waals surface area contributed by atoms with E-state index >= 15 is 9.59 Å². The minimum absolute atomic E-state index is 0.0101. The summed E-state index contributed by atoms with van der Waals surface area (Å²) >= 11 is 1.27. The second-order valence-electron chi connectivity index (χ2n) is 23.1. The molecule has 22 N–H and O–H groups in total. The molecule has 0 spiro atoms. The third kappa shape index (κ3) is 20.9. The van der Waals surface area contributed by atoms with Gasteiger partial charge in [0.25, 0.3) is 5.91 Å². The maximum atomic E-state index is 15.1. The summed E-state index contributed by atoms with van der Waals surface area (Å²) in [6.45, 7) is -1.89. The Bertz CT molecular complexity index is 2950. The number of carboxylic acid groups (broad SMARTS) is 1. The second-order valence-corrected chi connectivity index (χ2v) is 24.1. The summed E-state index contributed by atoms with van der Waals surface area (Å²) in [6.07, 6.45) is 4.08. The zero-order valence-electron chi connectivity index (χ0n) is 51.0. The highest BCUT2D eigenvalue weighted by Gasteiger charge is 2.47. The minimum atomic E-state index is -1.70. The van der Waals surface area contributed by atoms with Gasteiger partial charge in [-0.25, -0.2) is 4.79 Å². The van der Waals surface area contributed by atoms with Crippen LogP contribution in [0.1, 0.15) is 107 Å². The number of anilines is 1. The van der Waals surface area contributed by atoms with Crippen LogP contribution >= 0.6 is 11.3 Å². The highest BCUT2D eigenvalue weighted by atomic mass is 32.1. The van der Waals surface area contributed by atoms with Crippen LogP contribution in [0.5, 0.6) is 0 Å². The Kier molecular flexibility index (Phi) is 27.5. The molecule has 9 atom stereocenters. The molecule has 3 aliphatic heterocycles. The Labute approximate surface area is 530 Å². The number of amides is 9. The van der Waals surface area contributed by atoms with Crippen LogP contribution in [0.4, 0.5) is 5.69 Å². The van der Waals surface area contributed by atoms with E-state index in [1.165, 1.54) is 26.0 Å². The van der Waals surface area contributed by atoms with Gasteiger partial charge < -0.3 is 96.7 Å². The molecule has 2 saturated heterocycles. The first-order valence-electron chi connectivity index (χ1n) is 30.7. The third-order valence-electron chi connectivity index (χ3n) is 16.4. The van der Waals surface area contributed by atoms with E-state index in [0.717, 1.165) is 24.2 Å². The summed E-state index contributed by atoms with van der Waals surface area (Å²) in [6, 6.07) is -0.451. The van der Waals surface area contributed by atoms with E-state index in [2.05, 4.69) is 41.6 Å². The number of carbonyl (C=O) groups excluding carboxylic acids is 9. The van der Waals surface area contributed by atoms with Crippen LogP contribution in [0.15, 0.2) is 56.8 Å². The first-order chi connectivity index (χ1) is 43.5. The molecule has 4 aliphatic rings. The number of aliphatic hydroxyl groups excluding tert-OH is 2. The number of hydrogen-bond donors (Lipinski definition) is 15. The summed E-state index contributed by atoms with van der Waals surface area (Å²) in [7, 11) is 0. The predicted octanol–water partition coefficient (Wildman–Crippen LogP) is -4.63. The minimum Gasteiger partial charge on any atom is -0.480 e. The fraction of sp³-hybridized carbons (Fsp3) is 0.603. The smallest absolute Gasteiger partial charge is 0.326 e. The number of aliphatic imine (C=N–C) groups is 3. The third-order valence-corrected chi connectivity index (χ3v) is 17.3. The molecule has 0 bridgehead atoms. The number of hydrogen-bond acceptors (Lipinski definition) is 17. The number of para-hydroxylation sites is 1. The van der Waals surface area contributed by atoms with Gasteiger partial charge >= 0.3 is 5.97 Å². The van der Waals surface area contributed by atoms with E-state index in [4.69, 9.17) is 40.1 Å². The van der Waals surface area contributed by atoms with E-state index in [1.54, 1.807) is 41.8 Å². The van der Waals surface area contributed by atoms with Crippen LogP contribution in [-0.2, 0) is 60.8 Å². The largest absolute Gasteiger partial charge is 0.480 e. The molecular weight excluding hydrogens is 1200 g/mol. The molecule has 2 aromatic rings. The number of aliphatic hydroxyl groups is 2. The number of nitrogens with one attached hydrogen (secondary N) is 5. The van der Waals surface area contributed by atoms with Gasteiger partial charge in [-0.05, 0) is 100 Å². The van der Waals surface area contributed by atoms with Gasteiger partial charge in [-0.15, -0.1) is 11.3 Å². The molecule has 0 radical (unpaired) electrons. The van der Waals surface area contributed by atoms with Crippen LogP contribution in [0.2, 0.25) is 0 Å². The quantitative estimate of drug-likeness (QED) is 0.0186. The van der Waals surface area contributed by atoms with Crippen molar-refractivity contribution in [1.82, 2.24) is 41.3 Å². The average molecular weight is 1290 g/mol. The number of guanidine groups is 3. The highest BCUT2D eigenvalue weighted by molar-refractivity contribution is 7.09. The molecule has 91 heavy (non-hydrogen) atoms. The standard InChI is InChI=1S/C58H89N19O13S/c59-37(15-6-22-66-56(60)61)48(82)72-38(16-7-23-67-57(62)63)51(85)74-25-9-19-43(74)53(87)76-30-35(79)27-45(76)50(84)69-29-46(80)71-40(28-36-14-10-26-91-36)49(83)73-41(32-78)52(86)77-42-18-5-4-11-33(42)20-21-44(77)54(88)75(34-12-2-1-3-13-34)31-47(81)70-39(55(89)90)17-8-24-68-58(64)65/h4-5,10-11,14,18,26,34-35,37-41,43-45,78-79H,1-3,6-9,12-13,15-17,19-25,27-32,59H2,(H,69,84)(H,70,81)(H,71,80)(H,72,82)(H,73,83)(H,89,90)(H4,60,61,66)(H4,62,63,67)(H4,64,65,68)/t35-,37-,38+,39+,40+,41+,43?,44-,45+/m1/s1. The van der Waals surface area contributed by atoms with Gasteiger partial charge in [0.05, 0.1) is 31.8 Å². The van der Waals surface area contributed by atoms with Crippen LogP contribution < -0.4 is 71.6 Å². The number of carbonyl (C=O) groups is 10. The lowest BCUT2D eigenvalue weighted by Crippen LogP contribution is -2.62. The van der Waals surface area contributed by atoms with Gasteiger partial charge in [0.15, 0.2) is 17.9 Å². The topological polar surface area (TPSA) is 524 Å². The van der Waals surface area contributed by atoms with Gasteiger partial charge in [-0.3, -0.25) is 63.0 Å². The number of rotatable bonds is 32. The van der Waals surface area contributed by atoms with Gasteiger partial charge in [0.1, 0.15) is 42.3 Å². The molecule has 1 aliphatic carbocycles. The number of benzene rings is 1. The first kappa shape index (κ1) is 71.4. The predicted molar refractivity (Wildman–Crippen MR) is 337 cm³/mol. The molecular formula is C58H89N19O13S. The average Bonchev–Trinajstić information content (AvgIpc) is 0.968. The number of nitrogens with zero attached hydrogens (tertiary/aromatic N) is 7. The molecule has 6 rings (SSSR count). The molecule has 4 heterocycles. The van der Waals surface area contributed by atoms with E-state index in [1.807, 2.05) is 0 Å². The number of fused-ring (bicyclic) bond motifs is 1. The molecule has 33 heteroatoms.